The fraction of sp³-hybridized carbons (Fsp3) is 0.111. The summed E-state index contributed by atoms with van der Waals surface area (Å²) in [5.41, 5.74) is 1.08. The lowest BCUT2D eigenvalue weighted by molar-refractivity contribution is 1.10. The lowest BCUT2D eigenvalue weighted by Gasteiger charge is -2.18. The molecule has 1 nitrogen and oxygen atoms in total. The van der Waals surface area contributed by atoms with Crippen LogP contribution in [0, 0.1) is 6.20 Å². The molecule has 12 heavy (non-hydrogen) atoms. The van der Waals surface area contributed by atoms with Crippen LogP contribution in [0.5, 0.6) is 0 Å². The van der Waals surface area contributed by atoms with Gasteiger partial charge in [0.25, 0.3) is 0 Å². The zero-order chi connectivity index (χ0) is 8.39. The van der Waals surface area contributed by atoms with Gasteiger partial charge in [0.05, 0.1) is 6.20 Å². The van der Waals surface area contributed by atoms with Crippen LogP contribution in [0.25, 0.3) is 0 Å². The van der Waals surface area contributed by atoms with Gasteiger partial charge in [0, 0.05) is 11.1 Å². The van der Waals surface area contributed by atoms with E-state index in [1.807, 2.05) is 40.6 Å². The molecule has 0 aliphatic carbocycles. The van der Waals surface area contributed by atoms with Crippen LogP contribution in [0.1, 0.15) is 0 Å². The van der Waals surface area contributed by atoms with Gasteiger partial charge < -0.3 is 4.90 Å². The number of alkyl halides is 1. The molecule has 0 spiro atoms. The van der Waals surface area contributed by atoms with E-state index in [9.17, 15) is 0 Å². The highest BCUT2D eigenvalue weighted by molar-refractivity contribution is 8.04. The van der Waals surface area contributed by atoms with Crippen molar-refractivity contribution in [3.05, 3.63) is 41.9 Å². The van der Waals surface area contributed by atoms with E-state index >= 15 is 0 Å². The first-order valence-electron chi connectivity index (χ1n) is 3.59. The van der Waals surface area contributed by atoms with Crippen LogP contribution in [-0.2, 0) is 0 Å². The average molecular weight is 197 g/mol. The molecule has 1 atom stereocenters. The van der Waals surface area contributed by atoms with E-state index in [4.69, 9.17) is 11.6 Å². The Labute approximate surface area is 81.0 Å². The number of para-hydroxylation sites is 1. The zero-order valence-corrected chi connectivity index (χ0v) is 7.85. The van der Waals surface area contributed by atoms with Crippen molar-refractivity contribution in [2.45, 2.75) is 4.83 Å². The molecule has 0 N–H and O–H groups in total. The Balaban J connectivity index is 2.25. The van der Waals surface area contributed by atoms with Gasteiger partial charge in [-0.25, -0.2) is 0 Å². The number of benzene rings is 1. The van der Waals surface area contributed by atoms with E-state index in [0.29, 0.717) is 0 Å². The molecule has 3 heteroatoms. The summed E-state index contributed by atoms with van der Waals surface area (Å²) in [4.78, 5) is 1.86. The van der Waals surface area contributed by atoms with Crippen molar-refractivity contribution in [1.82, 2.24) is 0 Å². The Morgan fingerprint density at radius 2 is 2.08 bits per heavy atom. The Kier molecular flexibility index (Phi) is 2.28. The Bertz CT molecular complexity index is 286. The van der Waals surface area contributed by atoms with Crippen molar-refractivity contribution in [3.8, 4) is 0 Å². The summed E-state index contributed by atoms with van der Waals surface area (Å²) in [6.07, 6.45) is 3.06. The second kappa shape index (κ2) is 3.42. The molecule has 1 aliphatic heterocycles. The smallest absolute Gasteiger partial charge is 0.159 e. The Hall–Kier alpha value is -0.600. The van der Waals surface area contributed by atoms with Gasteiger partial charge in [-0.05, 0) is 12.1 Å². The number of thioether (sulfide) groups is 1. The van der Waals surface area contributed by atoms with E-state index in [-0.39, 0.29) is 4.83 Å². The van der Waals surface area contributed by atoms with E-state index < -0.39 is 0 Å². The molecule has 2 rings (SSSR count). The van der Waals surface area contributed by atoms with Gasteiger partial charge in [-0.1, -0.05) is 41.6 Å². The molecule has 0 fully saturated rings. The van der Waals surface area contributed by atoms with Crippen LogP contribution in [0.3, 0.4) is 0 Å². The lowest BCUT2D eigenvalue weighted by atomic mass is 10.3. The largest absolute Gasteiger partial charge is 0.313 e. The third-order valence-electron chi connectivity index (χ3n) is 1.61. The molecule has 1 radical (unpaired) electrons. The molecule has 1 aromatic carbocycles. The third-order valence-corrected chi connectivity index (χ3v) is 2.79. The minimum atomic E-state index is -0.0487. The molecule has 1 aromatic rings. The van der Waals surface area contributed by atoms with Crippen molar-refractivity contribution in [3.63, 3.8) is 0 Å². The molecule has 0 aromatic heterocycles. The van der Waals surface area contributed by atoms with Gasteiger partial charge >= 0.3 is 0 Å². The SMILES string of the molecule is ClC1SC=[C]N1c1ccccc1. The number of hydrogen-bond acceptors (Lipinski definition) is 2. The van der Waals surface area contributed by atoms with Crippen molar-refractivity contribution >= 4 is 29.1 Å². The summed E-state index contributed by atoms with van der Waals surface area (Å²) in [5, 5.41) is 1.88. The summed E-state index contributed by atoms with van der Waals surface area (Å²) in [7, 11) is 0. The first kappa shape index (κ1) is 8.02. The van der Waals surface area contributed by atoms with Crippen molar-refractivity contribution in [1.29, 1.82) is 0 Å². The predicted octanol–water partition coefficient (Wildman–Crippen LogP) is 3.04. The maximum Gasteiger partial charge on any atom is 0.159 e. The zero-order valence-electron chi connectivity index (χ0n) is 6.27. The van der Waals surface area contributed by atoms with Gasteiger partial charge in [-0.3, -0.25) is 0 Å². The van der Waals surface area contributed by atoms with Crippen molar-refractivity contribution in [2.24, 2.45) is 0 Å². The number of rotatable bonds is 1. The topological polar surface area (TPSA) is 3.24 Å². The normalized spacial score (nSPS) is 21.8. The fourth-order valence-electron chi connectivity index (χ4n) is 1.04. The van der Waals surface area contributed by atoms with Gasteiger partial charge in [-0.2, -0.15) is 0 Å². The number of hydrogen-bond donors (Lipinski definition) is 0. The van der Waals surface area contributed by atoms with Crippen LogP contribution in [0.15, 0.2) is 35.7 Å². The molecule has 1 heterocycles. The van der Waals surface area contributed by atoms with Gasteiger partial charge in [0.1, 0.15) is 0 Å². The predicted molar refractivity (Wildman–Crippen MR) is 54.0 cm³/mol. The standard InChI is InChI=1S/C9H7ClNS/c10-9-11(6-7-12-9)8-4-2-1-3-5-8/h1-5,7,9H. The monoisotopic (exact) mass is 196 g/mol. The third kappa shape index (κ3) is 1.45. The molecule has 61 valence electrons. The van der Waals surface area contributed by atoms with Crippen LogP contribution >= 0.6 is 23.4 Å². The average Bonchev–Trinajstić information content (AvgIpc) is 2.53. The van der Waals surface area contributed by atoms with Crippen LogP contribution < -0.4 is 4.90 Å². The summed E-state index contributed by atoms with van der Waals surface area (Å²) in [5.74, 6) is 0. The molecule has 1 unspecified atom stereocenters. The minimum absolute atomic E-state index is 0.0487. The number of nitrogens with zero attached hydrogens (tertiary/aromatic N) is 1. The first-order valence-corrected chi connectivity index (χ1v) is 4.97. The minimum Gasteiger partial charge on any atom is -0.313 e. The van der Waals surface area contributed by atoms with E-state index in [1.54, 1.807) is 11.8 Å². The second-order valence-corrected chi connectivity index (χ2v) is 4.01. The molecule has 0 bridgehead atoms. The highest BCUT2D eigenvalue weighted by Crippen LogP contribution is 2.31. The van der Waals surface area contributed by atoms with Crippen molar-refractivity contribution in [2.75, 3.05) is 4.90 Å². The fourth-order valence-corrected chi connectivity index (χ4v) is 1.96. The second-order valence-electron chi connectivity index (χ2n) is 2.38. The molecule has 0 saturated heterocycles. The Morgan fingerprint density at radius 1 is 1.33 bits per heavy atom. The summed E-state index contributed by atoms with van der Waals surface area (Å²) in [6.45, 7) is 0. The Morgan fingerprint density at radius 3 is 2.67 bits per heavy atom. The molecule has 1 aliphatic rings. The summed E-state index contributed by atoms with van der Waals surface area (Å²) in [6, 6.07) is 10.00. The maximum absolute atomic E-state index is 6.01. The van der Waals surface area contributed by atoms with Gasteiger partial charge in [-0.15, -0.1) is 0 Å². The van der Waals surface area contributed by atoms with Crippen LogP contribution in [0.2, 0.25) is 0 Å². The quantitative estimate of drug-likeness (QED) is 0.502. The molecule has 0 saturated carbocycles. The van der Waals surface area contributed by atoms with E-state index in [1.165, 1.54) is 0 Å². The maximum atomic E-state index is 6.01. The molecular formula is C9H7ClNS. The highest BCUT2D eigenvalue weighted by Gasteiger charge is 2.18. The highest BCUT2D eigenvalue weighted by atomic mass is 35.5. The lowest BCUT2D eigenvalue weighted by Crippen LogP contribution is -2.18. The van der Waals surface area contributed by atoms with Gasteiger partial charge in [0.15, 0.2) is 4.83 Å². The van der Waals surface area contributed by atoms with Gasteiger partial charge in [0.2, 0.25) is 0 Å². The summed E-state index contributed by atoms with van der Waals surface area (Å²) >= 11 is 7.56. The van der Waals surface area contributed by atoms with Crippen molar-refractivity contribution < 1.29 is 0 Å². The molecular weight excluding hydrogens is 190 g/mol. The van der Waals surface area contributed by atoms with E-state index in [2.05, 4.69) is 6.20 Å². The van der Waals surface area contributed by atoms with E-state index in [0.717, 1.165) is 5.69 Å². The first-order chi connectivity index (χ1) is 5.88. The molecule has 0 amide bonds. The number of anilines is 1. The van der Waals surface area contributed by atoms with Crippen LogP contribution in [-0.4, -0.2) is 4.83 Å². The van der Waals surface area contributed by atoms with Crippen LogP contribution in [0.4, 0.5) is 5.69 Å². The summed E-state index contributed by atoms with van der Waals surface area (Å²) < 4.78 is 0. The number of halogens is 1.